The summed E-state index contributed by atoms with van der Waals surface area (Å²) in [7, 11) is 1.32. The number of methoxy groups -OCH3 is 1. The molecule has 5 nitrogen and oxygen atoms in total. The van der Waals surface area contributed by atoms with Crippen molar-refractivity contribution in [1.82, 2.24) is 0 Å². The number of aromatic hydroxyl groups is 1. The Morgan fingerprint density at radius 1 is 1.03 bits per heavy atom. The maximum absolute atomic E-state index is 12.6. The maximum atomic E-state index is 12.6. The quantitative estimate of drug-likeness (QED) is 0.480. The fraction of sp³-hybridized carbons (Fsp3) is 0.130. The first-order chi connectivity index (χ1) is 14.0. The van der Waals surface area contributed by atoms with Crippen molar-refractivity contribution in [3.63, 3.8) is 0 Å². The van der Waals surface area contributed by atoms with Gasteiger partial charge in [-0.3, -0.25) is 9.69 Å². The Hall–Kier alpha value is -3.38. The lowest BCUT2D eigenvalue weighted by atomic mass is 10.1. The molecule has 0 fully saturated rings. The van der Waals surface area contributed by atoms with E-state index in [1.54, 1.807) is 17.0 Å². The summed E-state index contributed by atoms with van der Waals surface area (Å²) in [6, 6.07) is 18.9. The Bertz CT molecular complexity index is 1240. The minimum Gasteiger partial charge on any atom is -0.508 e. The number of hydrogen-bond donors (Lipinski definition) is 1. The first-order valence-electron chi connectivity index (χ1n) is 9.07. The Morgan fingerprint density at radius 3 is 2.52 bits per heavy atom. The molecule has 29 heavy (non-hydrogen) atoms. The van der Waals surface area contributed by atoms with Crippen LogP contribution in [0, 0.1) is 0 Å². The molecule has 0 spiro atoms. The van der Waals surface area contributed by atoms with Crippen molar-refractivity contribution in [3.05, 3.63) is 71.8 Å². The number of phenols is 1. The third kappa shape index (κ3) is 3.54. The van der Waals surface area contributed by atoms with Crippen LogP contribution in [0.3, 0.4) is 0 Å². The van der Waals surface area contributed by atoms with E-state index in [2.05, 4.69) is 0 Å². The molecule has 0 saturated heterocycles. The maximum Gasteiger partial charge on any atom is 0.341 e. The van der Waals surface area contributed by atoms with Crippen LogP contribution in [0.4, 0.5) is 5.00 Å². The van der Waals surface area contributed by atoms with E-state index in [-0.39, 0.29) is 11.7 Å². The molecular weight excluding hydrogens is 386 g/mol. The summed E-state index contributed by atoms with van der Waals surface area (Å²) in [6.45, 7) is 1.80. The molecule has 4 aromatic rings. The van der Waals surface area contributed by atoms with Crippen LogP contribution in [0.1, 0.15) is 22.8 Å². The zero-order valence-electron chi connectivity index (χ0n) is 16.0. The minimum atomic E-state index is -0.512. The van der Waals surface area contributed by atoms with E-state index in [1.807, 2.05) is 42.5 Å². The summed E-state index contributed by atoms with van der Waals surface area (Å²) < 4.78 is 5.69. The molecule has 6 heteroatoms. The van der Waals surface area contributed by atoms with Crippen LogP contribution in [-0.2, 0) is 16.1 Å². The smallest absolute Gasteiger partial charge is 0.341 e. The van der Waals surface area contributed by atoms with Crippen molar-refractivity contribution >= 4 is 49.1 Å². The number of fused-ring (bicyclic) bond motifs is 2. The largest absolute Gasteiger partial charge is 0.508 e. The molecule has 0 aliphatic heterocycles. The lowest BCUT2D eigenvalue weighted by Gasteiger charge is -2.21. The molecule has 0 bridgehead atoms. The molecule has 0 unspecified atom stereocenters. The lowest BCUT2D eigenvalue weighted by Crippen LogP contribution is -2.28. The van der Waals surface area contributed by atoms with Crippen LogP contribution in [0.2, 0.25) is 0 Å². The number of amides is 1. The molecule has 0 aliphatic carbocycles. The third-order valence-electron chi connectivity index (χ3n) is 4.82. The number of phenolic OH excluding ortho intramolecular Hbond substituents is 1. The van der Waals surface area contributed by atoms with Gasteiger partial charge in [0.05, 0.1) is 13.7 Å². The Labute approximate surface area is 171 Å². The second-order valence-corrected chi connectivity index (χ2v) is 7.77. The number of esters is 1. The van der Waals surface area contributed by atoms with Gasteiger partial charge in [-0.15, -0.1) is 11.3 Å². The van der Waals surface area contributed by atoms with Gasteiger partial charge in [-0.05, 0) is 40.6 Å². The van der Waals surface area contributed by atoms with Crippen molar-refractivity contribution in [2.45, 2.75) is 13.5 Å². The number of benzene rings is 3. The number of hydrogen-bond acceptors (Lipinski definition) is 5. The molecular formula is C23H19NO4S. The summed E-state index contributed by atoms with van der Waals surface area (Å²) >= 11 is 1.29. The molecule has 0 aliphatic rings. The van der Waals surface area contributed by atoms with Crippen molar-refractivity contribution in [1.29, 1.82) is 0 Å². The lowest BCUT2D eigenvalue weighted by molar-refractivity contribution is -0.116. The van der Waals surface area contributed by atoms with Crippen molar-refractivity contribution in [2.24, 2.45) is 0 Å². The monoisotopic (exact) mass is 405 g/mol. The predicted molar refractivity (Wildman–Crippen MR) is 116 cm³/mol. The van der Waals surface area contributed by atoms with E-state index in [0.717, 1.165) is 16.3 Å². The van der Waals surface area contributed by atoms with E-state index >= 15 is 0 Å². The average Bonchev–Trinajstić information content (AvgIpc) is 3.09. The van der Waals surface area contributed by atoms with Gasteiger partial charge < -0.3 is 9.84 Å². The summed E-state index contributed by atoms with van der Waals surface area (Å²) in [5.74, 6) is -0.591. The summed E-state index contributed by atoms with van der Waals surface area (Å²) in [5.41, 5.74) is 1.29. The highest BCUT2D eigenvalue weighted by Crippen LogP contribution is 2.40. The Morgan fingerprint density at radius 2 is 1.79 bits per heavy atom. The number of rotatable bonds is 4. The van der Waals surface area contributed by atoms with Gasteiger partial charge >= 0.3 is 5.97 Å². The van der Waals surface area contributed by atoms with Gasteiger partial charge in [0, 0.05) is 17.0 Å². The van der Waals surface area contributed by atoms with Crippen molar-refractivity contribution in [2.75, 3.05) is 12.0 Å². The fourth-order valence-corrected chi connectivity index (χ4v) is 4.67. The normalized spacial score (nSPS) is 11.0. The van der Waals surface area contributed by atoms with Crippen LogP contribution in [0.25, 0.3) is 20.9 Å². The fourth-order valence-electron chi connectivity index (χ4n) is 3.41. The summed E-state index contributed by atoms with van der Waals surface area (Å²) in [5, 5.41) is 13.2. The highest BCUT2D eigenvalue weighted by atomic mass is 32.1. The van der Waals surface area contributed by atoms with Gasteiger partial charge in [-0.2, -0.15) is 0 Å². The van der Waals surface area contributed by atoms with Crippen LogP contribution in [0.15, 0.2) is 60.7 Å². The standard InChI is InChI=1S/C23H19NO4S/c1-14(25)24(13-15-7-8-16-5-3-4-6-17(16)11-15)22-21(23(27)28-2)19-10-9-18(26)12-20(19)29-22/h3-12,26H,13H2,1-2H3. The van der Waals surface area contributed by atoms with Gasteiger partial charge in [-0.1, -0.05) is 36.4 Å². The molecule has 0 radical (unpaired) electrons. The number of thiophene rings is 1. The molecule has 1 heterocycles. The van der Waals surface area contributed by atoms with Crippen molar-refractivity contribution in [3.8, 4) is 5.75 Å². The molecule has 0 saturated carbocycles. The second-order valence-electron chi connectivity index (χ2n) is 6.74. The second kappa shape index (κ2) is 7.56. The van der Waals surface area contributed by atoms with Gasteiger partial charge in [0.15, 0.2) is 0 Å². The van der Waals surface area contributed by atoms with Gasteiger partial charge in [0.25, 0.3) is 0 Å². The van der Waals surface area contributed by atoms with Gasteiger partial charge in [-0.25, -0.2) is 4.79 Å². The van der Waals surface area contributed by atoms with Gasteiger partial charge in [0.1, 0.15) is 16.3 Å². The number of nitrogens with zero attached hydrogens (tertiary/aromatic N) is 1. The third-order valence-corrected chi connectivity index (χ3v) is 6.00. The zero-order chi connectivity index (χ0) is 20.5. The average molecular weight is 405 g/mol. The van der Waals surface area contributed by atoms with Crippen LogP contribution in [-0.4, -0.2) is 24.1 Å². The number of carbonyl (C=O) groups excluding carboxylic acids is 2. The first-order valence-corrected chi connectivity index (χ1v) is 9.89. The molecule has 4 rings (SSSR count). The summed E-state index contributed by atoms with van der Waals surface area (Å²) in [6.07, 6.45) is 0. The molecule has 146 valence electrons. The predicted octanol–water partition coefficient (Wildman–Crippen LogP) is 5.10. The van der Waals surface area contributed by atoms with Crippen LogP contribution >= 0.6 is 11.3 Å². The number of ether oxygens (including phenoxy) is 1. The number of carbonyl (C=O) groups is 2. The summed E-state index contributed by atoms with van der Waals surface area (Å²) in [4.78, 5) is 26.7. The van der Waals surface area contributed by atoms with Crippen molar-refractivity contribution < 1.29 is 19.4 Å². The van der Waals surface area contributed by atoms with E-state index in [9.17, 15) is 14.7 Å². The molecule has 1 N–H and O–H groups in total. The topological polar surface area (TPSA) is 66.8 Å². The van der Waals surface area contributed by atoms with Gasteiger partial charge in [0.2, 0.25) is 5.91 Å². The molecule has 1 aromatic heterocycles. The highest BCUT2D eigenvalue weighted by molar-refractivity contribution is 7.23. The molecule has 1 amide bonds. The van der Waals surface area contributed by atoms with Crippen LogP contribution < -0.4 is 4.90 Å². The molecule has 0 atom stereocenters. The SMILES string of the molecule is COC(=O)c1c(N(Cc2ccc3ccccc3c2)C(C)=O)sc2cc(O)ccc12. The Kier molecular flexibility index (Phi) is 4.94. The van der Waals surface area contributed by atoms with E-state index in [4.69, 9.17) is 4.74 Å². The number of anilines is 1. The van der Waals surface area contributed by atoms with E-state index < -0.39 is 5.97 Å². The highest BCUT2D eigenvalue weighted by Gasteiger charge is 2.26. The van der Waals surface area contributed by atoms with Crippen LogP contribution in [0.5, 0.6) is 5.75 Å². The first kappa shape index (κ1) is 19.0. The minimum absolute atomic E-state index is 0.102. The molecule has 3 aromatic carbocycles. The van der Waals surface area contributed by atoms with E-state index in [1.165, 1.54) is 31.4 Å². The Balaban J connectivity index is 1.83. The zero-order valence-corrected chi connectivity index (χ0v) is 16.8. The van der Waals surface area contributed by atoms with E-state index in [0.29, 0.717) is 27.2 Å².